The quantitative estimate of drug-likeness (QED) is 0.687. The second-order valence-corrected chi connectivity index (χ2v) is 12.2. The van der Waals surface area contributed by atoms with E-state index in [1.165, 1.54) is 11.8 Å². The molecule has 0 radical (unpaired) electrons. The summed E-state index contributed by atoms with van der Waals surface area (Å²) in [5.41, 5.74) is 0.800. The van der Waals surface area contributed by atoms with Crippen LogP contribution in [0.3, 0.4) is 0 Å². The SMILES string of the molecule is C1C2C3C4CC4C(N=NC45C6CC6C(C6CC64)C4CC45)(C12)C1CC31. The first kappa shape index (κ1) is 11.3. The summed E-state index contributed by atoms with van der Waals surface area (Å²) in [6.45, 7) is 0. The van der Waals surface area contributed by atoms with Gasteiger partial charge in [-0.15, -0.1) is 0 Å². The molecular weight excluding hydrogens is 292 g/mol. The Balaban J connectivity index is 1.15. The van der Waals surface area contributed by atoms with E-state index in [2.05, 4.69) is 0 Å². The van der Waals surface area contributed by atoms with Gasteiger partial charge in [0.15, 0.2) is 0 Å². The zero-order valence-corrected chi connectivity index (χ0v) is 14.2. The summed E-state index contributed by atoms with van der Waals surface area (Å²) in [4.78, 5) is 0. The normalized spacial score (nSPS) is 86.3. The Kier molecular flexibility index (Phi) is 1.31. The van der Waals surface area contributed by atoms with Crippen LogP contribution in [0, 0.1) is 82.9 Å². The van der Waals surface area contributed by atoms with Crippen molar-refractivity contribution in [1.82, 2.24) is 0 Å². The molecule has 24 heavy (non-hydrogen) atoms. The van der Waals surface area contributed by atoms with Crippen LogP contribution in [0.15, 0.2) is 10.2 Å². The Morgan fingerprint density at radius 1 is 0.417 bits per heavy atom. The van der Waals surface area contributed by atoms with E-state index in [-0.39, 0.29) is 0 Å². The highest BCUT2D eigenvalue weighted by Crippen LogP contribution is 2.87. The molecule has 4 bridgehead atoms. The van der Waals surface area contributed by atoms with Gasteiger partial charge < -0.3 is 0 Å². The van der Waals surface area contributed by atoms with Crippen LogP contribution in [0.5, 0.6) is 0 Å². The van der Waals surface area contributed by atoms with Crippen LogP contribution in [0.2, 0.25) is 0 Å². The van der Waals surface area contributed by atoms with E-state index in [0.29, 0.717) is 11.1 Å². The molecule has 2 nitrogen and oxygen atoms in total. The van der Waals surface area contributed by atoms with Crippen molar-refractivity contribution in [1.29, 1.82) is 0 Å². The maximum atomic E-state index is 5.59. The van der Waals surface area contributed by atoms with Gasteiger partial charge in [-0.3, -0.25) is 0 Å². The fourth-order valence-corrected chi connectivity index (χ4v) is 11.2. The van der Waals surface area contributed by atoms with Crippen LogP contribution in [0.4, 0.5) is 0 Å². The zero-order chi connectivity index (χ0) is 14.7. The molecule has 0 spiro atoms. The van der Waals surface area contributed by atoms with Crippen LogP contribution in [-0.4, -0.2) is 11.1 Å². The number of azo groups is 1. The van der Waals surface area contributed by atoms with E-state index in [1.807, 2.05) is 0 Å². The smallest absolute Gasteiger partial charge is 0.0908 e. The largest absolute Gasteiger partial charge is 0.186 e. The van der Waals surface area contributed by atoms with Gasteiger partial charge in [0.05, 0.1) is 11.1 Å². The van der Waals surface area contributed by atoms with E-state index < -0.39 is 0 Å². The van der Waals surface area contributed by atoms with Crippen molar-refractivity contribution in [3.8, 4) is 0 Å². The van der Waals surface area contributed by atoms with Gasteiger partial charge in [-0.05, 0) is 121 Å². The van der Waals surface area contributed by atoms with Crippen molar-refractivity contribution < 1.29 is 0 Å². The Bertz CT molecular complexity index is 630. The van der Waals surface area contributed by atoms with Crippen LogP contribution in [0.25, 0.3) is 0 Å². The molecule has 124 valence electrons. The minimum Gasteiger partial charge on any atom is -0.186 e. The second kappa shape index (κ2) is 2.78. The first-order valence-corrected chi connectivity index (χ1v) is 11.3. The first-order valence-electron chi connectivity index (χ1n) is 11.3. The van der Waals surface area contributed by atoms with Gasteiger partial charge in [-0.2, -0.15) is 10.2 Å². The van der Waals surface area contributed by atoms with Crippen molar-refractivity contribution in [3.05, 3.63) is 0 Å². The summed E-state index contributed by atoms with van der Waals surface area (Å²) in [6, 6.07) is 0. The van der Waals surface area contributed by atoms with Gasteiger partial charge in [0, 0.05) is 0 Å². The van der Waals surface area contributed by atoms with E-state index >= 15 is 0 Å². The highest BCUT2D eigenvalue weighted by atomic mass is 15.3. The summed E-state index contributed by atoms with van der Waals surface area (Å²) in [5.74, 6) is 14.9. The van der Waals surface area contributed by atoms with Crippen LogP contribution < -0.4 is 0 Å². The standard InChI is InChI=1S/C22H26N2/c1-7-13(1)21(14-2-8(14)19(7)9-3-15(9)21)23-24-22-16-4-10(16)20(11-5-17(11)22)12-6-18(12)22/h7-20H,1-6H2. The Morgan fingerprint density at radius 3 is 0.917 bits per heavy atom. The van der Waals surface area contributed by atoms with Crippen molar-refractivity contribution in [2.45, 2.75) is 49.6 Å². The van der Waals surface area contributed by atoms with Crippen molar-refractivity contribution in [2.24, 2.45) is 93.1 Å². The maximum absolute atomic E-state index is 5.59. The lowest BCUT2D eigenvalue weighted by Crippen LogP contribution is -2.49. The van der Waals surface area contributed by atoms with Crippen LogP contribution in [-0.2, 0) is 0 Å². The van der Waals surface area contributed by atoms with E-state index in [4.69, 9.17) is 10.2 Å². The lowest BCUT2D eigenvalue weighted by Gasteiger charge is -2.45. The molecule has 12 unspecified atom stereocenters. The number of hydrogen-bond acceptors (Lipinski definition) is 2. The zero-order valence-electron chi connectivity index (χ0n) is 14.2. The third-order valence-corrected chi connectivity index (χ3v) is 12.0. The summed E-state index contributed by atoms with van der Waals surface area (Å²) in [5, 5.41) is 11.2. The lowest BCUT2D eigenvalue weighted by molar-refractivity contribution is 0.0663. The molecule has 2 heteroatoms. The highest BCUT2D eigenvalue weighted by Gasteiger charge is 2.86. The molecule has 12 fully saturated rings. The average molecular weight is 318 g/mol. The average Bonchev–Trinajstić information content (AvgIpc) is 3.42. The van der Waals surface area contributed by atoms with Crippen LogP contribution >= 0.6 is 0 Å². The summed E-state index contributed by atoms with van der Waals surface area (Å²) >= 11 is 0. The minimum atomic E-state index is 0.400. The lowest BCUT2D eigenvalue weighted by atomic mass is 9.65. The summed E-state index contributed by atoms with van der Waals surface area (Å²) < 4.78 is 0. The molecule has 12 atom stereocenters. The van der Waals surface area contributed by atoms with E-state index in [0.717, 1.165) is 71.0 Å². The topological polar surface area (TPSA) is 24.7 Å². The Labute approximate surface area is 143 Å². The predicted molar refractivity (Wildman–Crippen MR) is 86.9 cm³/mol. The highest BCUT2D eigenvalue weighted by molar-refractivity contribution is 5.37. The molecular formula is C22H26N2. The molecule has 12 aliphatic rings. The molecule has 0 aromatic carbocycles. The maximum Gasteiger partial charge on any atom is 0.0908 e. The van der Waals surface area contributed by atoms with E-state index in [9.17, 15) is 0 Å². The van der Waals surface area contributed by atoms with Gasteiger partial charge in [0.25, 0.3) is 0 Å². The molecule has 0 N–H and O–H groups in total. The fourth-order valence-electron chi connectivity index (χ4n) is 11.2. The molecule has 0 aromatic rings. The molecule has 0 aromatic heterocycles. The van der Waals surface area contributed by atoms with Crippen molar-refractivity contribution in [2.75, 3.05) is 0 Å². The Hall–Kier alpha value is -0.400. The van der Waals surface area contributed by atoms with Gasteiger partial charge in [0.1, 0.15) is 0 Å². The fraction of sp³-hybridized carbons (Fsp3) is 1.00. The number of nitrogens with zero attached hydrogens (tertiary/aromatic N) is 2. The minimum absolute atomic E-state index is 0.400. The second-order valence-electron chi connectivity index (χ2n) is 12.2. The molecule has 0 aliphatic heterocycles. The monoisotopic (exact) mass is 318 g/mol. The molecule has 0 saturated heterocycles. The van der Waals surface area contributed by atoms with Crippen LogP contribution in [0.1, 0.15) is 38.5 Å². The van der Waals surface area contributed by atoms with Crippen molar-refractivity contribution >= 4 is 0 Å². The van der Waals surface area contributed by atoms with Gasteiger partial charge in [-0.1, -0.05) is 0 Å². The van der Waals surface area contributed by atoms with Gasteiger partial charge >= 0.3 is 0 Å². The predicted octanol–water partition coefficient (Wildman–Crippen LogP) is 4.02. The molecule has 0 heterocycles. The molecule has 0 amide bonds. The molecule has 12 rings (SSSR count). The molecule has 12 aliphatic carbocycles. The molecule has 12 saturated carbocycles. The summed E-state index contributed by atoms with van der Waals surface area (Å²) in [6.07, 6.45) is 9.27. The number of rotatable bonds is 2. The third-order valence-electron chi connectivity index (χ3n) is 12.0. The van der Waals surface area contributed by atoms with Gasteiger partial charge in [-0.25, -0.2) is 0 Å². The van der Waals surface area contributed by atoms with Crippen molar-refractivity contribution in [3.63, 3.8) is 0 Å². The summed E-state index contributed by atoms with van der Waals surface area (Å²) in [7, 11) is 0. The third kappa shape index (κ3) is 0.871. The Morgan fingerprint density at radius 2 is 0.667 bits per heavy atom. The van der Waals surface area contributed by atoms with Gasteiger partial charge in [0.2, 0.25) is 0 Å². The first-order chi connectivity index (χ1) is 11.8. The number of hydrogen-bond donors (Lipinski definition) is 0. The van der Waals surface area contributed by atoms with E-state index in [1.54, 1.807) is 38.5 Å².